The number of hydrogen-bond acceptors (Lipinski definition) is 1. The minimum Gasteiger partial charge on any atom is -0.370 e. The van der Waals surface area contributed by atoms with Gasteiger partial charge in [-0.05, 0) is 32.6 Å². The second-order valence-electron chi connectivity index (χ2n) is 3.88. The maximum absolute atomic E-state index is 5.92. The third-order valence-electron chi connectivity index (χ3n) is 2.32. The zero-order valence-corrected chi connectivity index (χ0v) is 10.6. The Morgan fingerprint density at radius 2 is 2.25 bits per heavy atom. The summed E-state index contributed by atoms with van der Waals surface area (Å²) in [6.45, 7) is 4.25. The molecule has 1 rings (SSSR count). The summed E-state index contributed by atoms with van der Waals surface area (Å²) in [6, 6.07) is 0. The third-order valence-corrected chi connectivity index (χ3v) is 4.50. The number of halogens is 2. The van der Waals surface area contributed by atoms with Crippen LogP contribution in [0.4, 0.5) is 0 Å². The number of ether oxygens (including phenoxy) is 1. The van der Waals surface area contributed by atoms with Crippen molar-refractivity contribution in [2.45, 2.75) is 38.4 Å². The third kappa shape index (κ3) is 3.04. The lowest BCUT2D eigenvalue weighted by Gasteiger charge is -2.29. The summed E-state index contributed by atoms with van der Waals surface area (Å²) in [4.78, 5) is 0. The fourth-order valence-electron chi connectivity index (χ4n) is 1.21. The van der Waals surface area contributed by atoms with E-state index in [1.54, 1.807) is 0 Å². The molecule has 2 atom stereocenters. The van der Waals surface area contributed by atoms with Crippen molar-refractivity contribution in [2.24, 2.45) is 5.92 Å². The Kier molecular flexibility index (Phi) is 4.12. The SMILES string of the molecule is CC(OC(C)(CCl)CI)C1CC1. The van der Waals surface area contributed by atoms with Crippen molar-refractivity contribution < 1.29 is 4.74 Å². The van der Waals surface area contributed by atoms with Crippen LogP contribution >= 0.6 is 34.2 Å². The molecule has 0 spiro atoms. The first-order valence-corrected chi connectivity index (χ1v) is 6.47. The topological polar surface area (TPSA) is 9.23 Å². The number of rotatable bonds is 5. The predicted octanol–water partition coefficient (Wildman–Crippen LogP) is 3.23. The molecular formula is C9H16ClIO. The zero-order chi connectivity index (χ0) is 9.19. The van der Waals surface area contributed by atoms with E-state index in [4.69, 9.17) is 16.3 Å². The molecule has 12 heavy (non-hydrogen) atoms. The summed E-state index contributed by atoms with van der Waals surface area (Å²) in [7, 11) is 0. The lowest BCUT2D eigenvalue weighted by Crippen LogP contribution is -2.37. The molecular weight excluding hydrogens is 286 g/mol. The van der Waals surface area contributed by atoms with E-state index in [-0.39, 0.29) is 5.60 Å². The molecule has 1 fully saturated rings. The minimum atomic E-state index is -0.121. The molecule has 0 aliphatic heterocycles. The van der Waals surface area contributed by atoms with Crippen LogP contribution in [-0.4, -0.2) is 22.0 Å². The highest BCUT2D eigenvalue weighted by atomic mass is 127. The molecule has 72 valence electrons. The van der Waals surface area contributed by atoms with Gasteiger partial charge in [0.05, 0.1) is 17.6 Å². The van der Waals surface area contributed by atoms with Crippen molar-refractivity contribution in [1.82, 2.24) is 0 Å². The van der Waals surface area contributed by atoms with Gasteiger partial charge in [0.2, 0.25) is 0 Å². The monoisotopic (exact) mass is 302 g/mol. The molecule has 1 aliphatic carbocycles. The Balaban J connectivity index is 2.34. The average Bonchev–Trinajstić information content (AvgIpc) is 2.86. The average molecular weight is 303 g/mol. The van der Waals surface area contributed by atoms with Gasteiger partial charge >= 0.3 is 0 Å². The molecule has 0 saturated heterocycles. The second kappa shape index (κ2) is 4.47. The summed E-state index contributed by atoms with van der Waals surface area (Å²) in [6.07, 6.45) is 3.06. The molecule has 0 heterocycles. The summed E-state index contributed by atoms with van der Waals surface area (Å²) >= 11 is 8.18. The molecule has 0 aromatic rings. The Morgan fingerprint density at radius 3 is 2.58 bits per heavy atom. The number of alkyl halides is 2. The highest BCUT2D eigenvalue weighted by molar-refractivity contribution is 14.1. The van der Waals surface area contributed by atoms with E-state index in [0.717, 1.165) is 10.3 Å². The summed E-state index contributed by atoms with van der Waals surface area (Å²) < 4.78 is 6.88. The standard InChI is InChI=1S/C9H16ClIO/c1-7(8-3-4-8)12-9(2,5-10)6-11/h7-8H,3-6H2,1-2H3. The van der Waals surface area contributed by atoms with Crippen LogP contribution < -0.4 is 0 Å². The number of hydrogen-bond donors (Lipinski definition) is 0. The maximum atomic E-state index is 5.92. The van der Waals surface area contributed by atoms with Crippen molar-refractivity contribution in [3.05, 3.63) is 0 Å². The fourth-order valence-corrected chi connectivity index (χ4v) is 2.14. The highest BCUT2D eigenvalue weighted by Crippen LogP contribution is 2.36. The quantitative estimate of drug-likeness (QED) is 0.560. The van der Waals surface area contributed by atoms with Crippen LogP contribution in [-0.2, 0) is 4.74 Å². The van der Waals surface area contributed by atoms with E-state index in [1.807, 2.05) is 0 Å². The Bertz CT molecular complexity index is 143. The van der Waals surface area contributed by atoms with Crippen molar-refractivity contribution in [1.29, 1.82) is 0 Å². The Labute approximate surface area is 93.3 Å². The predicted molar refractivity (Wildman–Crippen MR) is 61.3 cm³/mol. The van der Waals surface area contributed by atoms with E-state index < -0.39 is 0 Å². The van der Waals surface area contributed by atoms with Gasteiger partial charge in [0.15, 0.2) is 0 Å². The van der Waals surface area contributed by atoms with Gasteiger partial charge in [0.25, 0.3) is 0 Å². The minimum absolute atomic E-state index is 0.121. The van der Waals surface area contributed by atoms with Gasteiger partial charge in [-0.2, -0.15) is 0 Å². The van der Waals surface area contributed by atoms with Gasteiger partial charge in [-0.1, -0.05) is 22.6 Å². The van der Waals surface area contributed by atoms with Gasteiger partial charge in [0.1, 0.15) is 0 Å². The van der Waals surface area contributed by atoms with Gasteiger partial charge < -0.3 is 4.74 Å². The van der Waals surface area contributed by atoms with Crippen molar-refractivity contribution in [3.63, 3.8) is 0 Å². The lowest BCUT2D eigenvalue weighted by atomic mass is 10.1. The van der Waals surface area contributed by atoms with E-state index in [2.05, 4.69) is 36.4 Å². The molecule has 0 aromatic heterocycles. The zero-order valence-electron chi connectivity index (χ0n) is 7.65. The largest absolute Gasteiger partial charge is 0.370 e. The van der Waals surface area contributed by atoms with Crippen LogP contribution in [0, 0.1) is 5.92 Å². The van der Waals surface area contributed by atoms with Crippen LogP contribution in [0.25, 0.3) is 0 Å². The molecule has 1 saturated carbocycles. The van der Waals surface area contributed by atoms with Crippen LogP contribution in [0.3, 0.4) is 0 Å². The van der Waals surface area contributed by atoms with Gasteiger partial charge in [0, 0.05) is 4.43 Å². The van der Waals surface area contributed by atoms with Gasteiger partial charge in [-0.25, -0.2) is 0 Å². The van der Waals surface area contributed by atoms with E-state index >= 15 is 0 Å². The summed E-state index contributed by atoms with van der Waals surface area (Å²) in [5.74, 6) is 1.39. The Morgan fingerprint density at radius 1 is 1.67 bits per heavy atom. The lowest BCUT2D eigenvalue weighted by molar-refractivity contribution is -0.0532. The second-order valence-corrected chi connectivity index (χ2v) is 4.91. The molecule has 0 bridgehead atoms. The van der Waals surface area contributed by atoms with Crippen LogP contribution in [0.2, 0.25) is 0 Å². The molecule has 0 amide bonds. The molecule has 0 N–H and O–H groups in total. The van der Waals surface area contributed by atoms with Crippen molar-refractivity contribution in [3.8, 4) is 0 Å². The van der Waals surface area contributed by atoms with Crippen LogP contribution in [0.1, 0.15) is 26.7 Å². The summed E-state index contributed by atoms with van der Waals surface area (Å²) in [5.41, 5.74) is -0.121. The fraction of sp³-hybridized carbons (Fsp3) is 1.00. The first-order valence-electron chi connectivity index (χ1n) is 4.41. The van der Waals surface area contributed by atoms with Crippen molar-refractivity contribution in [2.75, 3.05) is 10.3 Å². The van der Waals surface area contributed by atoms with Crippen LogP contribution in [0.5, 0.6) is 0 Å². The Hall–Kier alpha value is 0.980. The molecule has 1 nitrogen and oxygen atoms in total. The molecule has 0 radical (unpaired) electrons. The van der Waals surface area contributed by atoms with E-state index in [9.17, 15) is 0 Å². The summed E-state index contributed by atoms with van der Waals surface area (Å²) in [5, 5.41) is 0. The highest BCUT2D eigenvalue weighted by Gasteiger charge is 2.34. The van der Waals surface area contributed by atoms with Crippen molar-refractivity contribution >= 4 is 34.2 Å². The molecule has 3 heteroatoms. The van der Waals surface area contributed by atoms with E-state index in [1.165, 1.54) is 12.8 Å². The van der Waals surface area contributed by atoms with Gasteiger partial charge in [-0.15, -0.1) is 11.6 Å². The smallest absolute Gasteiger partial charge is 0.0881 e. The molecule has 2 unspecified atom stereocenters. The van der Waals surface area contributed by atoms with E-state index in [0.29, 0.717) is 12.0 Å². The van der Waals surface area contributed by atoms with Gasteiger partial charge in [-0.3, -0.25) is 0 Å². The molecule has 1 aliphatic rings. The molecule has 0 aromatic carbocycles. The first kappa shape index (κ1) is 11.1. The normalized spacial score (nSPS) is 25.0. The first-order chi connectivity index (χ1) is 5.61. The van der Waals surface area contributed by atoms with Crippen LogP contribution in [0.15, 0.2) is 0 Å². The maximum Gasteiger partial charge on any atom is 0.0881 e.